The van der Waals surface area contributed by atoms with Crippen LogP contribution < -0.4 is 5.32 Å². The summed E-state index contributed by atoms with van der Waals surface area (Å²) in [4.78, 5) is 26.4. The monoisotopic (exact) mass is 389 g/mol. The molecule has 0 atom stereocenters. The first kappa shape index (κ1) is 18.2. The van der Waals surface area contributed by atoms with Gasteiger partial charge in [-0.15, -0.1) is 0 Å². The lowest BCUT2D eigenvalue weighted by Crippen LogP contribution is -2.29. The van der Waals surface area contributed by atoms with Crippen LogP contribution in [0.5, 0.6) is 5.75 Å². The number of carboxylic acids is 1. The average Bonchev–Trinajstić information content (AvgIpc) is 3.21. The molecule has 0 saturated carbocycles. The summed E-state index contributed by atoms with van der Waals surface area (Å²) in [5.74, 6) is -2.01. The van der Waals surface area contributed by atoms with Crippen LogP contribution in [0, 0.1) is 0 Å². The van der Waals surface area contributed by atoms with Crippen molar-refractivity contribution in [2.75, 3.05) is 6.54 Å². The highest BCUT2D eigenvalue weighted by atomic mass is 16.5. The van der Waals surface area contributed by atoms with E-state index in [0.29, 0.717) is 17.0 Å². The van der Waals surface area contributed by atoms with Crippen molar-refractivity contribution in [2.24, 2.45) is 0 Å². The molecular formula is C21H15N3O5. The number of nitrogens with one attached hydrogen (secondary N) is 1. The molecule has 0 radical (unpaired) electrons. The SMILES string of the molecule is O=C(O)CNC(=O)c1ncc(-c2cc(-c3cccc4ccccc34)no2)cc1O. The van der Waals surface area contributed by atoms with Crippen LogP contribution in [-0.2, 0) is 4.79 Å². The summed E-state index contributed by atoms with van der Waals surface area (Å²) < 4.78 is 5.41. The van der Waals surface area contributed by atoms with E-state index in [4.69, 9.17) is 9.63 Å². The number of fused-ring (bicyclic) bond motifs is 1. The Kier molecular flexibility index (Phi) is 4.66. The molecule has 0 unspecified atom stereocenters. The summed E-state index contributed by atoms with van der Waals surface area (Å²) in [6, 6.07) is 16.8. The molecule has 0 aliphatic heterocycles. The van der Waals surface area contributed by atoms with Crippen molar-refractivity contribution in [3.8, 4) is 28.3 Å². The molecule has 0 fully saturated rings. The van der Waals surface area contributed by atoms with E-state index in [2.05, 4.69) is 15.5 Å². The summed E-state index contributed by atoms with van der Waals surface area (Å²) in [7, 11) is 0. The Morgan fingerprint density at radius 2 is 1.86 bits per heavy atom. The minimum absolute atomic E-state index is 0.274. The number of carbonyl (C=O) groups excluding carboxylic acids is 1. The molecule has 0 saturated heterocycles. The zero-order valence-corrected chi connectivity index (χ0v) is 15.0. The lowest BCUT2D eigenvalue weighted by Gasteiger charge is -2.05. The third-order valence-corrected chi connectivity index (χ3v) is 4.34. The van der Waals surface area contributed by atoms with Crippen LogP contribution in [0.2, 0.25) is 0 Å². The van der Waals surface area contributed by atoms with Gasteiger partial charge < -0.3 is 20.1 Å². The van der Waals surface area contributed by atoms with Gasteiger partial charge in [0, 0.05) is 23.4 Å². The maximum atomic E-state index is 11.9. The number of hydrogen-bond acceptors (Lipinski definition) is 6. The fraction of sp³-hybridized carbons (Fsp3) is 0.0476. The third-order valence-electron chi connectivity index (χ3n) is 4.34. The fourth-order valence-corrected chi connectivity index (χ4v) is 2.99. The molecule has 2 aromatic carbocycles. The zero-order chi connectivity index (χ0) is 20.4. The molecular weight excluding hydrogens is 374 g/mol. The first-order chi connectivity index (χ1) is 14.0. The average molecular weight is 389 g/mol. The number of aromatic nitrogens is 2. The van der Waals surface area contributed by atoms with E-state index >= 15 is 0 Å². The molecule has 8 heteroatoms. The molecule has 2 heterocycles. The van der Waals surface area contributed by atoms with E-state index in [1.807, 2.05) is 42.5 Å². The van der Waals surface area contributed by atoms with Gasteiger partial charge in [-0.2, -0.15) is 0 Å². The van der Waals surface area contributed by atoms with Crippen molar-refractivity contribution in [3.05, 3.63) is 66.5 Å². The Morgan fingerprint density at radius 3 is 2.66 bits per heavy atom. The molecule has 0 bridgehead atoms. The van der Waals surface area contributed by atoms with Crippen molar-refractivity contribution < 1.29 is 24.3 Å². The normalized spacial score (nSPS) is 10.8. The van der Waals surface area contributed by atoms with Crippen LogP contribution in [0.25, 0.3) is 33.4 Å². The van der Waals surface area contributed by atoms with Crippen molar-refractivity contribution in [1.82, 2.24) is 15.5 Å². The van der Waals surface area contributed by atoms with E-state index in [9.17, 15) is 14.7 Å². The molecule has 8 nitrogen and oxygen atoms in total. The molecule has 3 N–H and O–H groups in total. The number of benzene rings is 2. The molecule has 1 amide bonds. The standard InChI is InChI=1S/C21H15N3O5/c25-17-8-13(10-22-20(17)21(28)23-11-19(26)27)18-9-16(24-29-18)15-7-3-5-12-4-1-2-6-14(12)15/h1-10,25H,11H2,(H,23,28)(H,26,27). The van der Waals surface area contributed by atoms with Gasteiger partial charge >= 0.3 is 5.97 Å². The summed E-state index contributed by atoms with van der Waals surface area (Å²) in [6.07, 6.45) is 1.35. The van der Waals surface area contributed by atoms with E-state index in [-0.39, 0.29) is 5.69 Å². The Bertz CT molecular complexity index is 1230. The van der Waals surface area contributed by atoms with Crippen LogP contribution in [0.4, 0.5) is 0 Å². The molecule has 0 aliphatic carbocycles. The first-order valence-corrected chi connectivity index (χ1v) is 8.67. The van der Waals surface area contributed by atoms with Crippen molar-refractivity contribution >= 4 is 22.6 Å². The van der Waals surface area contributed by atoms with Crippen molar-refractivity contribution in [3.63, 3.8) is 0 Å². The van der Waals surface area contributed by atoms with Crippen LogP contribution in [0.3, 0.4) is 0 Å². The maximum Gasteiger partial charge on any atom is 0.322 e. The molecule has 4 aromatic rings. The number of rotatable bonds is 5. The number of nitrogens with zero attached hydrogens (tertiary/aromatic N) is 2. The molecule has 29 heavy (non-hydrogen) atoms. The number of pyridine rings is 1. The van der Waals surface area contributed by atoms with Gasteiger partial charge in [0.15, 0.2) is 11.5 Å². The summed E-state index contributed by atoms with van der Waals surface area (Å²) in [5.41, 5.74) is 1.68. The van der Waals surface area contributed by atoms with E-state index < -0.39 is 24.2 Å². The number of amides is 1. The van der Waals surface area contributed by atoms with Crippen LogP contribution in [0.1, 0.15) is 10.5 Å². The molecule has 4 rings (SSSR count). The fourth-order valence-electron chi connectivity index (χ4n) is 2.99. The van der Waals surface area contributed by atoms with Gasteiger partial charge in [0.1, 0.15) is 18.0 Å². The second kappa shape index (κ2) is 7.43. The summed E-state index contributed by atoms with van der Waals surface area (Å²) in [6.45, 7) is -0.571. The van der Waals surface area contributed by atoms with Gasteiger partial charge in [0.05, 0.1) is 0 Å². The number of hydrogen-bond donors (Lipinski definition) is 3. The summed E-state index contributed by atoms with van der Waals surface area (Å²) in [5, 5.41) is 27.1. The topological polar surface area (TPSA) is 126 Å². The predicted octanol–water partition coefficient (Wildman–Crippen LogP) is 3.08. The maximum absolute atomic E-state index is 11.9. The van der Waals surface area contributed by atoms with E-state index in [1.165, 1.54) is 12.3 Å². The van der Waals surface area contributed by atoms with Gasteiger partial charge in [0.25, 0.3) is 5.91 Å². The second-order valence-corrected chi connectivity index (χ2v) is 6.27. The van der Waals surface area contributed by atoms with Crippen molar-refractivity contribution in [2.45, 2.75) is 0 Å². The third kappa shape index (κ3) is 3.63. The number of aliphatic carboxylic acids is 1. The van der Waals surface area contributed by atoms with Crippen LogP contribution >= 0.6 is 0 Å². The Labute approximate surface area is 164 Å². The Morgan fingerprint density at radius 1 is 1.07 bits per heavy atom. The highest BCUT2D eigenvalue weighted by molar-refractivity contribution is 5.97. The molecule has 144 valence electrons. The molecule has 0 spiro atoms. The summed E-state index contributed by atoms with van der Waals surface area (Å²) >= 11 is 0. The lowest BCUT2D eigenvalue weighted by atomic mass is 10.0. The van der Waals surface area contributed by atoms with Crippen LogP contribution in [-0.4, -0.2) is 38.8 Å². The first-order valence-electron chi connectivity index (χ1n) is 8.67. The van der Waals surface area contributed by atoms with Crippen molar-refractivity contribution in [1.29, 1.82) is 0 Å². The lowest BCUT2D eigenvalue weighted by molar-refractivity contribution is -0.135. The number of aromatic hydroxyl groups is 1. The largest absolute Gasteiger partial charge is 0.505 e. The predicted molar refractivity (Wildman–Crippen MR) is 104 cm³/mol. The Hall–Kier alpha value is -4.20. The van der Waals surface area contributed by atoms with Gasteiger partial charge in [-0.05, 0) is 16.8 Å². The second-order valence-electron chi connectivity index (χ2n) is 6.27. The highest BCUT2D eigenvalue weighted by Gasteiger charge is 2.17. The van der Waals surface area contributed by atoms with Gasteiger partial charge in [-0.3, -0.25) is 9.59 Å². The molecule has 2 aromatic heterocycles. The van der Waals surface area contributed by atoms with Gasteiger partial charge in [-0.25, -0.2) is 4.98 Å². The van der Waals surface area contributed by atoms with Gasteiger partial charge in [-0.1, -0.05) is 47.6 Å². The minimum Gasteiger partial charge on any atom is -0.505 e. The quantitative estimate of drug-likeness (QED) is 0.479. The zero-order valence-electron chi connectivity index (χ0n) is 15.0. The minimum atomic E-state index is -1.20. The Balaban J connectivity index is 1.64. The smallest absolute Gasteiger partial charge is 0.322 e. The van der Waals surface area contributed by atoms with Crippen LogP contribution in [0.15, 0.2) is 65.3 Å². The molecule has 0 aliphatic rings. The van der Waals surface area contributed by atoms with E-state index in [0.717, 1.165) is 16.3 Å². The number of carbonyl (C=O) groups is 2. The van der Waals surface area contributed by atoms with Gasteiger partial charge in [0.2, 0.25) is 0 Å². The number of carboxylic acid groups (broad SMARTS) is 1. The highest BCUT2D eigenvalue weighted by Crippen LogP contribution is 2.32. The van der Waals surface area contributed by atoms with E-state index in [1.54, 1.807) is 6.07 Å².